The van der Waals surface area contributed by atoms with Gasteiger partial charge in [-0.2, -0.15) is 8.42 Å². The molecular weight excluding hydrogens is 410 g/mol. The first-order valence-electron chi connectivity index (χ1n) is 13.1. The molecule has 186 valence electrons. The molecule has 6 heteroatoms. The van der Waals surface area contributed by atoms with E-state index < -0.39 is 10.1 Å². The molecule has 0 fully saturated rings. The molecule has 0 heterocycles. The number of rotatable bonds is 23. The summed E-state index contributed by atoms with van der Waals surface area (Å²) >= 11 is 0. The quantitative estimate of drug-likeness (QED) is 0.129. The van der Waals surface area contributed by atoms with Crippen LogP contribution in [-0.4, -0.2) is 43.1 Å². The van der Waals surface area contributed by atoms with Crippen molar-refractivity contribution >= 4 is 16.0 Å². The molecular formula is C25H51NO4S. The van der Waals surface area contributed by atoms with E-state index in [0.717, 1.165) is 12.8 Å². The molecule has 0 spiro atoms. The fourth-order valence-electron chi connectivity index (χ4n) is 3.98. The van der Waals surface area contributed by atoms with Crippen molar-refractivity contribution in [2.45, 2.75) is 135 Å². The molecule has 0 aromatic rings. The van der Waals surface area contributed by atoms with Crippen LogP contribution in [0.15, 0.2) is 0 Å². The Bertz CT molecular complexity index is 508. The second-order valence-electron chi connectivity index (χ2n) is 9.22. The molecule has 1 amide bonds. The van der Waals surface area contributed by atoms with Crippen LogP contribution in [0.5, 0.6) is 0 Å². The molecule has 0 aromatic heterocycles. The highest BCUT2D eigenvalue weighted by molar-refractivity contribution is 7.85. The number of unbranched alkanes of at least 4 members (excludes halogenated alkanes) is 17. The SMILES string of the molecule is CCCCCCCCCCCCCCCCCCCCC(=O)N(C)CCCS(=O)(=O)O. The fraction of sp³-hybridized carbons (Fsp3) is 0.960. The molecule has 0 radical (unpaired) electrons. The van der Waals surface area contributed by atoms with Crippen LogP contribution in [0.4, 0.5) is 0 Å². The van der Waals surface area contributed by atoms with Gasteiger partial charge in [-0.3, -0.25) is 9.35 Å². The fourth-order valence-corrected chi connectivity index (χ4v) is 4.47. The van der Waals surface area contributed by atoms with E-state index in [1.165, 1.54) is 103 Å². The molecule has 0 bridgehead atoms. The molecule has 0 saturated heterocycles. The van der Waals surface area contributed by atoms with E-state index >= 15 is 0 Å². The van der Waals surface area contributed by atoms with Crippen molar-refractivity contribution in [1.82, 2.24) is 4.90 Å². The van der Waals surface area contributed by atoms with Gasteiger partial charge in [0.05, 0.1) is 5.75 Å². The lowest BCUT2D eigenvalue weighted by molar-refractivity contribution is -0.130. The minimum absolute atomic E-state index is 0.0619. The minimum atomic E-state index is -3.93. The monoisotopic (exact) mass is 461 g/mol. The highest BCUT2D eigenvalue weighted by atomic mass is 32.2. The van der Waals surface area contributed by atoms with Crippen molar-refractivity contribution < 1.29 is 17.8 Å². The zero-order valence-electron chi connectivity index (χ0n) is 20.6. The predicted molar refractivity (Wildman–Crippen MR) is 132 cm³/mol. The first-order chi connectivity index (χ1) is 14.9. The molecule has 31 heavy (non-hydrogen) atoms. The van der Waals surface area contributed by atoms with Gasteiger partial charge in [0.1, 0.15) is 0 Å². The zero-order chi connectivity index (χ0) is 23.2. The van der Waals surface area contributed by atoms with Crippen molar-refractivity contribution in [3.63, 3.8) is 0 Å². The summed E-state index contributed by atoms with van der Waals surface area (Å²) in [6.45, 7) is 2.65. The van der Waals surface area contributed by atoms with Crippen molar-refractivity contribution in [2.75, 3.05) is 19.3 Å². The van der Waals surface area contributed by atoms with Crippen LogP contribution in [0.3, 0.4) is 0 Å². The number of hydrogen-bond donors (Lipinski definition) is 1. The van der Waals surface area contributed by atoms with Crippen molar-refractivity contribution in [3.05, 3.63) is 0 Å². The average molecular weight is 462 g/mol. The Morgan fingerprint density at radius 3 is 1.35 bits per heavy atom. The lowest BCUT2D eigenvalue weighted by Crippen LogP contribution is -2.28. The lowest BCUT2D eigenvalue weighted by atomic mass is 10.0. The van der Waals surface area contributed by atoms with Crippen molar-refractivity contribution in [2.24, 2.45) is 0 Å². The third kappa shape index (κ3) is 23.9. The molecule has 0 aliphatic rings. The first kappa shape index (κ1) is 30.4. The van der Waals surface area contributed by atoms with Gasteiger partial charge in [0.2, 0.25) is 5.91 Å². The smallest absolute Gasteiger partial charge is 0.264 e. The Morgan fingerprint density at radius 1 is 0.645 bits per heavy atom. The highest BCUT2D eigenvalue weighted by Gasteiger charge is 2.10. The summed E-state index contributed by atoms with van der Waals surface area (Å²) in [5.41, 5.74) is 0. The maximum Gasteiger partial charge on any atom is 0.264 e. The number of carbonyl (C=O) groups excluding carboxylic acids is 1. The van der Waals surface area contributed by atoms with Crippen molar-refractivity contribution in [1.29, 1.82) is 0 Å². The van der Waals surface area contributed by atoms with Gasteiger partial charge >= 0.3 is 0 Å². The largest absolute Gasteiger partial charge is 0.346 e. The van der Waals surface area contributed by atoms with Crippen LogP contribution in [0.25, 0.3) is 0 Å². The van der Waals surface area contributed by atoms with Crippen LogP contribution in [-0.2, 0) is 14.9 Å². The lowest BCUT2D eigenvalue weighted by Gasteiger charge is -2.16. The predicted octanol–water partition coefficient (Wildman–Crippen LogP) is 7.15. The summed E-state index contributed by atoms with van der Waals surface area (Å²) in [5.74, 6) is -0.226. The molecule has 0 rings (SSSR count). The molecule has 5 nitrogen and oxygen atoms in total. The summed E-state index contributed by atoms with van der Waals surface area (Å²) in [6.07, 6.45) is 24.8. The molecule has 0 aliphatic heterocycles. The maximum atomic E-state index is 12.0. The second-order valence-corrected chi connectivity index (χ2v) is 10.8. The van der Waals surface area contributed by atoms with Gasteiger partial charge < -0.3 is 4.90 Å². The summed E-state index contributed by atoms with van der Waals surface area (Å²) in [5, 5.41) is 0. The summed E-state index contributed by atoms with van der Waals surface area (Å²) in [6, 6.07) is 0. The van der Waals surface area contributed by atoms with Gasteiger partial charge in [-0.05, 0) is 12.8 Å². The zero-order valence-corrected chi connectivity index (χ0v) is 21.4. The minimum Gasteiger partial charge on any atom is -0.346 e. The van der Waals surface area contributed by atoms with E-state index in [9.17, 15) is 13.2 Å². The van der Waals surface area contributed by atoms with Crippen LogP contribution >= 0.6 is 0 Å². The van der Waals surface area contributed by atoms with E-state index in [1.54, 1.807) is 11.9 Å². The number of nitrogens with zero attached hydrogens (tertiary/aromatic N) is 1. The highest BCUT2D eigenvalue weighted by Crippen LogP contribution is 2.14. The van der Waals surface area contributed by atoms with Gasteiger partial charge in [-0.25, -0.2) is 0 Å². The molecule has 0 atom stereocenters. The van der Waals surface area contributed by atoms with E-state index in [2.05, 4.69) is 6.92 Å². The van der Waals surface area contributed by atoms with Gasteiger partial charge in [0.25, 0.3) is 10.1 Å². The van der Waals surface area contributed by atoms with Gasteiger partial charge in [0, 0.05) is 20.0 Å². The number of amides is 1. The van der Waals surface area contributed by atoms with E-state index in [0.29, 0.717) is 13.0 Å². The maximum absolute atomic E-state index is 12.0. The Hall–Kier alpha value is -0.620. The first-order valence-corrected chi connectivity index (χ1v) is 14.7. The van der Waals surface area contributed by atoms with Crippen LogP contribution in [0, 0.1) is 0 Å². The number of carbonyl (C=O) groups is 1. The third-order valence-electron chi connectivity index (χ3n) is 6.07. The van der Waals surface area contributed by atoms with E-state index in [-0.39, 0.29) is 18.1 Å². The molecule has 0 saturated carbocycles. The standard InChI is InChI=1S/C25H51NO4S/c1-3-4-5-6-7-8-9-10-11-12-13-14-15-16-17-18-19-20-22-25(27)26(2)23-21-24-31(28,29)30/h3-24H2,1-2H3,(H,28,29,30). The molecule has 0 unspecified atom stereocenters. The molecule has 0 aromatic carbocycles. The van der Waals surface area contributed by atoms with Gasteiger partial charge in [0.15, 0.2) is 0 Å². The summed E-state index contributed by atoms with van der Waals surface area (Å²) in [7, 11) is -2.23. The summed E-state index contributed by atoms with van der Waals surface area (Å²) < 4.78 is 30.1. The van der Waals surface area contributed by atoms with Crippen LogP contribution < -0.4 is 0 Å². The molecule has 0 aliphatic carbocycles. The van der Waals surface area contributed by atoms with Crippen molar-refractivity contribution in [3.8, 4) is 0 Å². The van der Waals surface area contributed by atoms with Crippen LogP contribution in [0.2, 0.25) is 0 Å². The third-order valence-corrected chi connectivity index (χ3v) is 6.87. The Labute approximate surface area is 193 Å². The summed E-state index contributed by atoms with van der Waals surface area (Å²) in [4.78, 5) is 13.6. The van der Waals surface area contributed by atoms with E-state index in [1.807, 2.05) is 0 Å². The Kier molecular flexibility index (Phi) is 20.8. The number of hydrogen-bond acceptors (Lipinski definition) is 3. The van der Waals surface area contributed by atoms with E-state index in [4.69, 9.17) is 4.55 Å². The normalized spacial score (nSPS) is 11.7. The topological polar surface area (TPSA) is 74.7 Å². The average Bonchev–Trinajstić information content (AvgIpc) is 2.71. The second kappa shape index (κ2) is 21.2. The van der Waals surface area contributed by atoms with Gasteiger partial charge in [-0.15, -0.1) is 0 Å². The Morgan fingerprint density at radius 2 is 1.00 bits per heavy atom. The van der Waals surface area contributed by atoms with Gasteiger partial charge in [-0.1, -0.05) is 116 Å². The molecule has 1 N–H and O–H groups in total. The van der Waals surface area contributed by atoms with Crippen LogP contribution in [0.1, 0.15) is 135 Å². The Balaban J connectivity index is 3.28.